The number of fused-ring (bicyclic) bond motifs is 4. The first-order chi connectivity index (χ1) is 17.4. The van der Waals surface area contributed by atoms with Crippen molar-refractivity contribution in [3.63, 3.8) is 0 Å². The molecule has 1 aromatic heterocycles. The molecule has 1 amide bonds. The maximum atomic E-state index is 13.3. The van der Waals surface area contributed by atoms with E-state index in [4.69, 9.17) is 9.15 Å². The van der Waals surface area contributed by atoms with Crippen molar-refractivity contribution in [3.8, 4) is 11.1 Å². The topological polar surface area (TPSA) is 63.0 Å². The molecule has 7 heteroatoms. The molecule has 1 aliphatic heterocycles. The molecular formula is C29H25BrN2O4. The number of benzene rings is 3. The number of hydrogen-bond donors (Lipinski definition) is 0. The number of nitrogens with zero attached hydrogens (tertiary/aromatic N) is 2. The molecule has 4 aromatic rings. The van der Waals surface area contributed by atoms with Crippen LogP contribution in [0, 0.1) is 6.92 Å². The molecule has 0 saturated carbocycles. The minimum atomic E-state index is -0.422. The summed E-state index contributed by atoms with van der Waals surface area (Å²) in [7, 11) is 0. The predicted molar refractivity (Wildman–Crippen MR) is 144 cm³/mol. The SMILES string of the molecule is Cc1cc(Br)c2oc(N3CCN(C(=O)OC4c5ccccc5-c5ccccc54)C(C)C3)cc(=O)c2c1. The Morgan fingerprint density at radius 2 is 1.67 bits per heavy atom. The molecule has 1 fully saturated rings. The zero-order valence-corrected chi connectivity index (χ0v) is 21.6. The van der Waals surface area contributed by atoms with Crippen LogP contribution in [0.2, 0.25) is 0 Å². The van der Waals surface area contributed by atoms with Crippen molar-refractivity contribution in [2.75, 3.05) is 24.5 Å². The summed E-state index contributed by atoms with van der Waals surface area (Å²) in [6.07, 6.45) is -0.758. The first-order valence-corrected chi connectivity index (χ1v) is 12.8. The molecule has 0 bridgehead atoms. The van der Waals surface area contributed by atoms with Gasteiger partial charge in [0.15, 0.2) is 23.0 Å². The first kappa shape index (κ1) is 22.9. The van der Waals surface area contributed by atoms with Gasteiger partial charge >= 0.3 is 6.09 Å². The largest absolute Gasteiger partial charge is 0.439 e. The van der Waals surface area contributed by atoms with E-state index in [0.29, 0.717) is 36.5 Å². The van der Waals surface area contributed by atoms with Gasteiger partial charge in [-0.1, -0.05) is 48.5 Å². The molecule has 1 atom stereocenters. The van der Waals surface area contributed by atoms with Crippen molar-refractivity contribution >= 4 is 38.9 Å². The Bertz CT molecular complexity index is 1520. The minimum Gasteiger partial charge on any atom is -0.439 e. The third kappa shape index (κ3) is 3.78. The predicted octanol–water partition coefficient (Wildman–Crippen LogP) is 6.28. The highest BCUT2D eigenvalue weighted by Crippen LogP contribution is 2.45. The summed E-state index contributed by atoms with van der Waals surface area (Å²) in [5.74, 6) is 0.510. The smallest absolute Gasteiger partial charge is 0.411 e. The second-order valence-corrected chi connectivity index (χ2v) is 10.4. The number of ether oxygens (including phenoxy) is 1. The monoisotopic (exact) mass is 544 g/mol. The number of hydrogen-bond acceptors (Lipinski definition) is 5. The quantitative estimate of drug-likeness (QED) is 0.297. The number of piperazine rings is 1. The van der Waals surface area contributed by atoms with E-state index >= 15 is 0 Å². The Balaban J connectivity index is 1.21. The Labute approximate surface area is 217 Å². The summed E-state index contributed by atoms with van der Waals surface area (Å²) >= 11 is 3.52. The molecule has 1 unspecified atom stereocenters. The molecular weight excluding hydrogens is 520 g/mol. The van der Waals surface area contributed by atoms with Crippen LogP contribution in [0.4, 0.5) is 10.7 Å². The number of rotatable bonds is 2. The number of carbonyl (C=O) groups excluding carboxylic acids is 1. The van der Waals surface area contributed by atoms with Crippen LogP contribution in [-0.2, 0) is 4.74 Å². The maximum Gasteiger partial charge on any atom is 0.411 e. The van der Waals surface area contributed by atoms with Crippen molar-refractivity contribution in [3.05, 3.63) is 98.1 Å². The Hall–Kier alpha value is -3.58. The lowest BCUT2D eigenvalue weighted by Crippen LogP contribution is -2.54. The molecule has 182 valence electrons. The summed E-state index contributed by atoms with van der Waals surface area (Å²) in [6.45, 7) is 5.47. The third-order valence-electron chi connectivity index (χ3n) is 7.08. The second-order valence-electron chi connectivity index (χ2n) is 9.50. The van der Waals surface area contributed by atoms with Crippen molar-refractivity contribution in [1.82, 2.24) is 4.90 Å². The van der Waals surface area contributed by atoms with Gasteiger partial charge in [-0.15, -0.1) is 0 Å². The van der Waals surface area contributed by atoms with Gasteiger partial charge in [0, 0.05) is 42.9 Å². The van der Waals surface area contributed by atoms with Gasteiger partial charge in [0.2, 0.25) is 0 Å². The van der Waals surface area contributed by atoms with Gasteiger partial charge in [0.25, 0.3) is 0 Å². The van der Waals surface area contributed by atoms with E-state index in [0.717, 1.165) is 32.3 Å². The standard InChI is InChI=1S/C29H25BrN2O4/c1-17-13-23-25(33)15-26(35-28(23)24(30)14-17)31-11-12-32(18(2)16-31)29(34)36-27-21-9-5-3-7-19(21)20-8-4-6-10-22(20)27/h3-10,13-15,18,27H,11-12,16H2,1-2H3. The molecule has 0 N–H and O–H groups in total. The molecule has 2 aliphatic rings. The molecule has 6 rings (SSSR count). The molecule has 2 heterocycles. The van der Waals surface area contributed by atoms with Crippen LogP contribution in [-0.4, -0.2) is 36.7 Å². The molecule has 0 spiro atoms. The van der Waals surface area contributed by atoms with Gasteiger partial charge in [-0.3, -0.25) is 4.79 Å². The summed E-state index contributed by atoms with van der Waals surface area (Å²) in [4.78, 5) is 29.9. The highest BCUT2D eigenvalue weighted by Gasteiger charge is 2.35. The average Bonchev–Trinajstić information content (AvgIpc) is 3.18. The lowest BCUT2D eigenvalue weighted by atomic mass is 10.1. The van der Waals surface area contributed by atoms with E-state index in [1.165, 1.54) is 0 Å². The van der Waals surface area contributed by atoms with Crippen LogP contribution < -0.4 is 10.3 Å². The van der Waals surface area contributed by atoms with Crippen molar-refractivity contribution in [2.24, 2.45) is 0 Å². The van der Waals surface area contributed by atoms with Crippen LogP contribution in [0.15, 0.2) is 80.4 Å². The van der Waals surface area contributed by atoms with Gasteiger partial charge in [-0.25, -0.2) is 4.79 Å². The highest BCUT2D eigenvalue weighted by atomic mass is 79.9. The van der Waals surface area contributed by atoms with Gasteiger partial charge < -0.3 is 19.0 Å². The fraction of sp³-hybridized carbons (Fsp3) is 0.241. The Morgan fingerprint density at radius 1 is 1.00 bits per heavy atom. The Kier molecular flexibility index (Phi) is 5.60. The van der Waals surface area contributed by atoms with Gasteiger partial charge in [0.1, 0.15) is 0 Å². The zero-order chi connectivity index (χ0) is 25.0. The fourth-order valence-electron chi connectivity index (χ4n) is 5.33. The van der Waals surface area contributed by atoms with E-state index in [1.54, 1.807) is 11.0 Å². The highest BCUT2D eigenvalue weighted by molar-refractivity contribution is 9.10. The lowest BCUT2D eigenvalue weighted by molar-refractivity contribution is 0.0638. The molecule has 6 nitrogen and oxygen atoms in total. The number of halogens is 1. The lowest BCUT2D eigenvalue weighted by Gasteiger charge is -2.39. The van der Waals surface area contributed by atoms with Gasteiger partial charge in [0.05, 0.1) is 9.86 Å². The van der Waals surface area contributed by atoms with E-state index in [9.17, 15) is 9.59 Å². The second kappa shape index (κ2) is 8.82. The first-order valence-electron chi connectivity index (χ1n) is 12.0. The van der Waals surface area contributed by atoms with E-state index in [1.807, 2.05) is 67.3 Å². The summed E-state index contributed by atoms with van der Waals surface area (Å²) in [5.41, 5.74) is 5.68. The van der Waals surface area contributed by atoms with Gasteiger partial charge in [-0.2, -0.15) is 0 Å². The van der Waals surface area contributed by atoms with E-state index in [2.05, 4.69) is 28.1 Å². The zero-order valence-electron chi connectivity index (χ0n) is 20.0. The van der Waals surface area contributed by atoms with Crippen LogP contribution in [0.5, 0.6) is 0 Å². The van der Waals surface area contributed by atoms with Crippen molar-refractivity contribution < 1.29 is 13.9 Å². The summed E-state index contributed by atoms with van der Waals surface area (Å²) < 4.78 is 13.0. The molecule has 1 saturated heterocycles. The minimum absolute atomic E-state index is 0.0799. The summed E-state index contributed by atoms with van der Waals surface area (Å²) in [5, 5.41) is 0.554. The van der Waals surface area contributed by atoms with Gasteiger partial charge in [-0.05, 0) is 58.6 Å². The average molecular weight is 545 g/mol. The third-order valence-corrected chi connectivity index (χ3v) is 7.67. The maximum absolute atomic E-state index is 13.3. The van der Waals surface area contributed by atoms with Crippen LogP contribution in [0.25, 0.3) is 22.1 Å². The van der Waals surface area contributed by atoms with Crippen molar-refractivity contribution in [2.45, 2.75) is 26.0 Å². The van der Waals surface area contributed by atoms with Crippen LogP contribution in [0.1, 0.15) is 29.7 Å². The fourth-order valence-corrected chi connectivity index (χ4v) is 5.98. The number of aryl methyl sites for hydroxylation is 1. The molecule has 3 aromatic carbocycles. The van der Waals surface area contributed by atoms with Crippen molar-refractivity contribution in [1.29, 1.82) is 0 Å². The molecule has 36 heavy (non-hydrogen) atoms. The van der Waals surface area contributed by atoms with E-state index in [-0.39, 0.29) is 17.6 Å². The molecule has 0 radical (unpaired) electrons. The number of amides is 1. The van der Waals surface area contributed by atoms with Crippen LogP contribution in [0.3, 0.4) is 0 Å². The number of anilines is 1. The number of carbonyl (C=O) groups is 1. The molecule has 1 aliphatic carbocycles. The summed E-state index contributed by atoms with van der Waals surface area (Å²) in [6, 6.07) is 21.3. The van der Waals surface area contributed by atoms with E-state index < -0.39 is 6.10 Å². The Morgan fingerprint density at radius 3 is 2.33 bits per heavy atom. The normalized spacial score (nSPS) is 17.2. The van der Waals surface area contributed by atoms with Crippen LogP contribution >= 0.6 is 15.9 Å².